The van der Waals surface area contributed by atoms with Crippen LogP contribution in [0.1, 0.15) is 93.7 Å². The predicted molar refractivity (Wildman–Crippen MR) is 312 cm³/mol. The number of Topliss-reactive ketones (excluding diaryl/α,β-unsaturated/α-hetero) is 1. The van der Waals surface area contributed by atoms with Crippen LogP contribution < -0.4 is 25.0 Å². The highest BCUT2D eigenvalue weighted by atomic mass is 35.5. The number of hydrogen-bond acceptors (Lipinski definition) is 16. The highest BCUT2D eigenvalue weighted by molar-refractivity contribution is 7.13. The fourth-order valence-electron chi connectivity index (χ4n) is 12.9. The smallest absolute Gasteiger partial charge is 0.319 e. The molecule has 4 saturated heterocycles. The van der Waals surface area contributed by atoms with Crippen molar-refractivity contribution in [2.75, 3.05) is 75.3 Å². The van der Waals surface area contributed by atoms with Gasteiger partial charge in [0, 0.05) is 87.5 Å². The second-order valence-electron chi connectivity index (χ2n) is 23.2. The number of aromatic nitrogens is 4. The Morgan fingerprint density at radius 3 is 2.50 bits per heavy atom. The summed E-state index contributed by atoms with van der Waals surface area (Å²) in [4.78, 5) is 66.0. The predicted octanol–water partition coefficient (Wildman–Crippen LogP) is 7.15. The van der Waals surface area contributed by atoms with Crippen molar-refractivity contribution in [1.29, 1.82) is 5.26 Å². The number of carbonyl (C=O) groups excluding carboxylic acids is 3. The van der Waals surface area contributed by atoms with E-state index in [1.165, 1.54) is 6.08 Å². The van der Waals surface area contributed by atoms with Gasteiger partial charge in [-0.1, -0.05) is 92.6 Å². The molecular weight excluding hydrogens is 1080 g/mol. The molecule has 4 aliphatic heterocycles. The van der Waals surface area contributed by atoms with Crippen LogP contribution in [0.3, 0.4) is 0 Å². The van der Waals surface area contributed by atoms with E-state index >= 15 is 4.39 Å². The number of fused-ring (bicyclic) bond motifs is 2. The topological polar surface area (TPSA) is 206 Å². The molecule has 4 fully saturated rings. The summed E-state index contributed by atoms with van der Waals surface area (Å²) in [5.41, 5.74) is 5.72. The van der Waals surface area contributed by atoms with Gasteiger partial charge in [0.1, 0.15) is 23.9 Å². The van der Waals surface area contributed by atoms with Crippen molar-refractivity contribution >= 4 is 74.7 Å². The van der Waals surface area contributed by atoms with Crippen LogP contribution in [0.5, 0.6) is 6.01 Å². The number of thiazole rings is 1. The Balaban J connectivity index is 0.728. The maximum absolute atomic E-state index is 17.3. The lowest BCUT2D eigenvalue weighted by Crippen LogP contribution is -2.60. The molecule has 11 rings (SSSR count). The first-order valence-electron chi connectivity index (χ1n) is 28.3. The number of amides is 2. The molecule has 0 unspecified atom stereocenters. The number of rotatable bonds is 17. The number of carbonyl (C=O) groups is 3. The molecule has 82 heavy (non-hydrogen) atoms. The lowest BCUT2D eigenvalue weighted by molar-refractivity contribution is -0.140. The molecule has 7 heterocycles. The number of nitrogens with zero attached hydrogens (tertiary/aromatic N) is 10. The summed E-state index contributed by atoms with van der Waals surface area (Å²) in [6.45, 7) is 16.5. The third-order valence-electron chi connectivity index (χ3n) is 17.4. The summed E-state index contributed by atoms with van der Waals surface area (Å²) in [5, 5.41) is 38.0. The molecule has 1 spiro atoms. The summed E-state index contributed by atoms with van der Waals surface area (Å²) >= 11 is 8.61. The normalized spacial score (nSPS) is 21.5. The second-order valence-corrected chi connectivity index (χ2v) is 24.4. The van der Waals surface area contributed by atoms with Gasteiger partial charge in [0.05, 0.1) is 57.9 Å². The number of piperidine rings is 1. The second kappa shape index (κ2) is 23.6. The van der Waals surface area contributed by atoms with Crippen LogP contribution in [-0.2, 0) is 14.4 Å². The van der Waals surface area contributed by atoms with Crippen molar-refractivity contribution in [3.8, 4) is 22.5 Å². The van der Waals surface area contributed by atoms with Crippen molar-refractivity contribution in [3.63, 3.8) is 0 Å². The fraction of sp³-hybridized carbons (Fsp3) is 0.452. The number of ketones is 1. The van der Waals surface area contributed by atoms with Crippen LogP contribution in [0.15, 0.2) is 83.4 Å². The summed E-state index contributed by atoms with van der Waals surface area (Å²) in [6, 6.07) is 20.2. The Hall–Kier alpha value is -7.08. The van der Waals surface area contributed by atoms with Gasteiger partial charge < -0.3 is 39.1 Å². The van der Waals surface area contributed by atoms with E-state index in [0.717, 1.165) is 71.2 Å². The molecule has 2 amide bonds. The number of anilines is 2. The molecule has 2 N–H and O–H groups in total. The molecule has 3 aromatic carbocycles. The lowest BCUT2D eigenvalue weighted by Gasteiger charge is -2.54. The first-order chi connectivity index (χ1) is 39.5. The monoisotopic (exact) mass is 1150 g/mol. The number of β-amino-alcohol motifs (C(OH)–C–C–N with tert-alkyl or cyclic N) is 1. The van der Waals surface area contributed by atoms with Crippen LogP contribution in [0.25, 0.3) is 33.0 Å². The molecule has 3 aromatic heterocycles. The van der Waals surface area contributed by atoms with E-state index in [1.54, 1.807) is 33.3 Å². The third-order valence-corrected chi connectivity index (χ3v) is 18.7. The SMILES string of the molecule is C=CC(=O)N1CCN(c2nc(OCCN3CCC4(CC3)CN(c3cc([C@H](C(=O)N5C[C@H](O)C[C@H]5C(=O)C[C@@H](C)c5ccc(-c6scnc6C)cc5)C(C)C)on3)C4)nc3c(F)c(C4=c5ccccc5=C[C@@H](O)C4)c(Cl)cc23)C[C@@H]1CC#N. The Bertz CT molecular complexity index is 3590. The molecule has 20 heteroatoms. The average molecular weight is 1150 g/mol. The number of ether oxygens (including phenoxy) is 1. The zero-order valence-corrected chi connectivity index (χ0v) is 48.2. The Morgan fingerprint density at radius 1 is 1.01 bits per heavy atom. The van der Waals surface area contributed by atoms with Gasteiger partial charge in [-0.2, -0.15) is 15.2 Å². The molecule has 5 aliphatic rings. The summed E-state index contributed by atoms with van der Waals surface area (Å²) < 4.78 is 29.6. The molecule has 428 valence electrons. The van der Waals surface area contributed by atoms with E-state index in [-0.39, 0.29) is 109 Å². The van der Waals surface area contributed by atoms with Gasteiger partial charge in [-0.25, -0.2) is 9.37 Å². The summed E-state index contributed by atoms with van der Waals surface area (Å²) in [5.74, 6) is -0.726. The zero-order chi connectivity index (χ0) is 57.6. The maximum Gasteiger partial charge on any atom is 0.319 e. The Labute approximate surface area is 484 Å². The molecule has 6 aromatic rings. The van der Waals surface area contributed by atoms with Crippen molar-refractivity contribution in [2.24, 2.45) is 11.3 Å². The quantitative estimate of drug-likeness (QED) is 0.0871. The van der Waals surface area contributed by atoms with Gasteiger partial charge >= 0.3 is 6.01 Å². The largest absolute Gasteiger partial charge is 0.462 e. The highest BCUT2D eigenvalue weighted by Crippen LogP contribution is 2.44. The molecule has 0 bridgehead atoms. The number of aliphatic hydroxyl groups is 2. The first kappa shape index (κ1) is 56.8. The van der Waals surface area contributed by atoms with Crippen LogP contribution in [0.4, 0.5) is 16.0 Å². The number of aliphatic hydroxyl groups excluding tert-OH is 2. The van der Waals surface area contributed by atoms with E-state index < -0.39 is 36.0 Å². The van der Waals surface area contributed by atoms with Crippen molar-refractivity contribution in [2.45, 2.75) is 102 Å². The van der Waals surface area contributed by atoms with E-state index in [0.29, 0.717) is 41.4 Å². The molecule has 17 nitrogen and oxygen atoms in total. The van der Waals surface area contributed by atoms with E-state index in [1.807, 2.05) is 80.6 Å². The van der Waals surface area contributed by atoms with E-state index in [2.05, 4.69) is 49.7 Å². The number of benzene rings is 3. The summed E-state index contributed by atoms with van der Waals surface area (Å²) in [6.07, 6.45) is 3.86. The first-order valence-corrected chi connectivity index (χ1v) is 29.6. The zero-order valence-electron chi connectivity index (χ0n) is 46.6. The van der Waals surface area contributed by atoms with Gasteiger partial charge in [0.25, 0.3) is 0 Å². The van der Waals surface area contributed by atoms with Crippen LogP contribution in [-0.4, -0.2) is 152 Å². The molecule has 0 saturated carbocycles. The van der Waals surface area contributed by atoms with Gasteiger partial charge in [-0.05, 0) is 90.0 Å². The lowest BCUT2D eigenvalue weighted by atomic mass is 9.72. The van der Waals surface area contributed by atoms with Gasteiger partial charge in [0.15, 0.2) is 23.2 Å². The molecule has 0 radical (unpaired) electrons. The van der Waals surface area contributed by atoms with Crippen molar-refractivity contribution in [3.05, 3.63) is 123 Å². The number of halogens is 2. The number of nitriles is 1. The number of aryl methyl sites for hydroxylation is 1. The Kier molecular flexibility index (Phi) is 16.4. The molecule has 1 aliphatic carbocycles. The van der Waals surface area contributed by atoms with Gasteiger partial charge in [-0.3, -0.25) is 19.3 Å². The standard InChI is InChI=1S/C62H68ClFN10O7S/c1-6-53(78)73-22-21-71(31-42(73)15-18-65)59-47-29-48(63)55(46-27-43(75)26-41-9-7-8-10-45(41)46)56(64)57(47)67-61(68-59)80-24-23-70-19-16-62(17-20-70)33-72(34-62)52-30-51(81-69-52)54(36(2)3)60(79)74-32-44(76)28-49(74)50(77)25-37(4)39-11-13-40(14-12-39)58-38(5)66-35-82-58/h6-14,26,29-30,35-37,42-44,49,54,75-76H,1,15-17,19-25,27-28,31-34H2,2-5H3/t37-,42+,43-,44-,49+,54-/m1/s1. The van der Waals surface area contributed by atoms with Crippen molar-refractivity contribution < 1.29 is 38.2 Å². The van der Waals surface area contributed by atoms with Crippen molar-refractivity contribution in [1.82, 2.24) is 34.8 Å². The highest BCUT2D eigenvalue weighted by Gasteiger charge is 2.47. The van der Waals surface area contributed by atoms with Crippen LogP contribution in [0, 0.1) is 35.4 Å². The van der Waals surface area contributed by atoms with Crippen LogP contribution >= 0.6 is 22.9 Å². The number of likely N-dealkylation sites (tertiary alicyclic amines) is 2. The fourth-order valence-corrected chi connectivity index (χ4v) is 14.0. The maximum atomic E-state index is 17.3. The van der Waals surface area contributed by atoms with E-state index in [9.17, 15) is 29.9 Å². The molecule has 6 atom stereocenters. The minimum atomic E-state index is -0.846. The number of piperazine rings is 1. The summed E-state index contributed by atoms with van der Waals surface area (Å²) in [7, 11) is 0. The third kappa shape index (κ3) is 11.3. The minimum absolute atomic E-state index is 0.00371. The van der Waals surface area contributed by atoms with Crippen LogP contribution in [0.2, 0.25) is 5.02 Å². The molecular formula is C62H68ClFN10O7S. The minimum Gasteiger partial charge on any atom is -0.462 e. The average Bonchev–Trinajstić information content (AvgIpc) is 3.12. The number of hydrogen-bond donors (Lipinski definition) is 2. The Morgan fingerprint density at radius 2 is 1.78 bits per heavy atom. The van der Waals surface area contributed by atoms with Gasteiger partial charge in [0.2, 0.25) is 11.8 Å². The van der Waals surface area contributed by atoms with Gasteiger partial charge in [-0.15, -0.1) is 11.3 Å². The van der Waals surface area contributed by atoms with E-state index in [4.69, 9.17) is 25.8 Å².